The standard InChI is InChI=1S/C25H35N3O4S/c1-24(2,3)27-22(31)20-25-12-11-17(33-25)18(19(25)23(32)28(20)13-7-8-14-29)21(30)26-15-16-9-5-4-6-10-16/h4-6,9-10,17-20,29H,7-8,11-15H2,1-3H3,(H,26,30)(H,27,31)/t17-,18+,19+,20?,25?/m1/s1. The topological polar surface area (TPSA) is 98.7 Å². The van der Waals surface area contributed by atoms with Crippen molar-refractivity contribution in [2.45, 2.75) is 74.6 Å². The van der Waals surface area contributed by atoms with E-state index in [1.807, 2.05) is 51.1 Å². The normalized spacial score (nSPS) is 30.4. The number of fused-ring (bicyclic) bond motifs is 1. The third kappa shape index (κ3) is 4.52. The van der Waals surface area contributed by atoms with Crippen molar-refractivity contribution >= 4 is 29.5 Å². The number of nitrogens with zero attached hydrogens (tertiary/aromatic N) is 1. The predicted molar refractivity (Wildman–Crippen MR) is 128 cm³/mol. The smallest absolute Gasteiger partial charge is 0.244 e. The molecule has 5 atom stereocenters. The largest absolute Gasteiger partial charge is 0.396 e. The molecule has 3 fully saturated rings. The number of amides is 3. The molecule has 2 bridgehead atoms. The van der Waals surface area contributed by atoms with Crippen molar-refractivity contribution in [2.24, 2.45) is 11.8 Å². The lowest BCUT2D eigenvalue weighted by molar-refractivity contribution is -0.140. The fourth-order valence-electron chi connectivity index (χ4n) is 5.73. The van der Waals surface area contributed by atoms with E-state index >= 15 is 0 Å². The van der Waals surface area contributed by atoms with Gasteiger partial charge in [-0.15, -0.1) is 11.8 Å². The molecule has 2 unspecified atom stereocenters. The fourth-order valence-corrected chi connectivity index (χ4v) is 7.95. The number of aliphatic hydroxyl groups is 1. The van der Waals surface area contributed by atoms with E-state index in [1.54, 1.807) is 16.7 Å². The van der Waals surface area contributed by atoms with Crippen LogP contribution in [0, 0.1) is 11.8 Å². The molecule has 1 aromatic carbocycles. The Morgan fingerprint density at radius 2 is 1.91 bits per heavy atom. The summed E-state index contributed by atoms with van der Waals surface area (Å²) < 4.78 is -0.564. The van der Waals surface area contributed by atoms with Crippen LogP contribution in [0.5, 0.6) is 0 Å². The molecule has 0 radical (unpaired) electrons. The van der Waals surface area contributed by atoms with Gasteiger partial charge in [0.05, 0.1) is 16.6 Å². The van der Waals surface area contributed by atoms with Gasteiger partial charge in [-0.05, 0) is 52.0 Å². The van der Waals surface area contributed by atoms with Gasteiger partial charge in [0.15, 0.2) is 0 Å². The number of hydrogen-bond donors (Lipinski definition) is 3. The van der Waals surface area contributed by atoms with Gasteiger partial charge in [0, 0.05) is 30.5 Å². The molecule has 3 heterocycles. The summed E-state index contributed by atoms with van der Waals surface area (Å²) in [5, 5.41) is 15.4. The molecule has 3 aliphatic rings. The van der Waals surface area contributed by atoms with Crippen molar-refractivity contribution in [3.05, 3.63) is 35.9 Å². The van der Waals surface area contributed by atoms with Crippen LogP contribution in [-0.2, 0) is 20.9 Å². The first-order valence-corrected chi connectivity index (χ1v) is 12.8. The Kier molecular flexibility index (Phi) is 6.78. The lowest BCUT2D eigenvalue weighted by Gasteiger charge is -2.36. The second kappa shape index (κ2) is 9.29. The van der Waals surface area contributed by atoms with Crippen LogP contribution in [0.1, 0.15) is 52.0 Å². The molecule has 0 aliphatic carbocycles. The summed E-state index contributed by atoms with van der Waals surface area (Å²) in [6.45, 7) is 6.71. The Balaban J connectivity index is 1.59. The first kappa shape index (κ1) is 24.1. The number of unbranched alkanes of at least 4 members (excludes halogenated alkanes) is 1. The molecule has 0 saturated carbocycles. The second-order valence-corrected chi connectivity index (χ2v) is 12.1. The van der Waals surface area contributed by atoms with Gasteiger partial charge in [-0.3, -0.25) is 14.4 Å². The number of nitrogens with one attached hydrogen (secondary N) is 2. The zero-order valence-corrected chi connectivity index (χ0v) is 20.5. The van der Waals surface area contributed by atoms with E-state index in [1.165, 1.54) is 0 Å². The number of aliphatic hydroxyl groups excluding tert-OH is 1. The van der Waals surface area contributed by atoms with Gasteiger partial charge in [-0.2, -0.15) is 0 Å². The minimum Gasteiger partial charge on any atom is -0.396 e. The highest BCUT2D eigenvalue weighted by atomic mass is 32.2. The second-order valence-electron chi connectivity index (χ2n) is 10.5. The number of rotatable bonds is 8. The highest BCUT2D eigenvalue weighted by molar-refractivity contribution is 8.02. The summed E-state index contributed by atoms with van der Waals surface area (Å²) in [6, 6.07) is 9.16. The van der Waals surface area contributed by atoms with Crippen LogP contribution >= 0.6 is 11.8 Å². The summed E-state index contributed by atoms with van der Waals surface area (Å²) in [7, 11) is 0. The van der Waals surface area contributed by atoms with Gasteiger partial charge in [0.25, 0.3) is 0 Å². The van der Waals surface area contributed by atoms with Crippen LogP contribution in [0.2, 0.25) is 0 Å². The summed E-state index contributed by atoms with van der Waals surface area (Å²) in [5.74, 6) is -1.23. The Morgan fingerprint density at radius 1 is 1.18 bits per heavy atom. The number of likely N-dealkylation sites (tertiary alicyclic amines) is 1. The number of benzene rings is 1. The van der Waals surface area contributed by atoms with E-state index in [0.717, 1.165) is 18.4 Å². The third-order valence-corrected chi connectivity index (χ3v) is 8.92. The van der Waals surface area contributed by atoms with Crippen molar-refractivity contribution in [3.8, 4) is 0 Å². The maximum atomic E-state index is 13.7. The van der Waals surface area contributed by atoms with Crippen molar-refractivity contribution in [1.82, 2.24) is 15.5 Å². The van der Waals surface area contributed by atoms with Crippen molar-refractivity contribution < 1.29 is 19.5 Å². The highest BCUT2D eigenvalue weighted by Crippen LogP contribution is 2.66. The predicted octanol–water partition coefficient (Wildman–Crippen LogP) is 2.08. The zero-order valence-electron chi connectivity index (χ0n) is 19.7. The van der Waals surface area contributed by atoms with Gasteiger partial charge >= 0.3 is 0 Å². The van der Waals surface area contributed by atoms with Crippen LogP contribution in [0.15, 0.2) is 30.3 Å². The molecule has 3 amide bonds. The van der Waals surface area contributed by atoms with E-state index in [-0.39, 0.29) is 29.6 Å². The van der Waals surface area contributed by atoms with Crippen LogP contribution in [0.4, 0.5) is 0 Å². The van der Waals surface area contributed by atoms with E-state index in [2.05, 4.69) is 10.6 Å². The van der Waals surface area contributed by atoms with Crippen LogP contribution < -0.4 is 10.6 Å². The molecule has 3 aliphatic heterocycles. The Labute approximate surface area is 200 Å². The molecule has 180 valence electrons. The third-order valence-electron chi connectivity index (χ3n) is 6.97. The lowest BCUT2D eigenvalue weighted by Crippen LogP contribution is -2.57. The molecular formula is C25H35N3O4S. The highest BCUT2D eigenvalue weighted by Gasteiger charge is 2.73. The Bertz CT molecular complexity index is 903. The number of carbonyl (C=O) groups excluding carboxylic acids is 3. The molecule has 4 rings (SSSR count). The van der Waals surface area contributed by atoms with Gasteiger partial charge in [-0.1, -0.05) is 30.3 Å². The lowest BCUT2D eigenvalue weighted by atomic mass is 9.70. The monoisotopic (exact) mass is 473 g/mol. The van der Waals surface area contributed by atoms with E-state index in [9.17, 15) is 19.5 Å². The average molecular weight is 474 g/mol. The molecule has 8 heteroatoms. The Morgan fingerprint density at radius 3 is 2.58 bits per heavy atom. The van der Waals surface area contributed by atoms with Crippen LogP contribution in [0.25, 0.3) is 0 Å². The summed E-state index contributed by atoms with van der Waals surface area (Å²) in [5.41, 5.74) is 0.599. The van der Waals surface area contributed by atoms with Gasteiger partial charge < -0.3 is 20.6 Å². The van der Waals surface area contributed by atoms with Crippen LogP contribution in [-0.4, -0.2) is 62.5 Å². The summed E-state index contributed by atoms with van der Waals surface area (Å²) in [4.78, 5) is 42.3. The maximum Gasteiger partial charge on any atom is 0.244 e. The molecule has 1 spiro atoms. The van der Waals surface area contributed by atoms with E-state index in [0.29, 0.717) is 25.9 Å². The zero-order chi connectivity index (χ0) is 23.8. The molecule has 3 saturated heterocycles. The summed E-state index contributed by atoms with van der Waals surface area (Å²) >= 11 is 1.68. The molecule has 7 nitrogen and oxygen atoms in total. The van der Waals surface area contributed by atoms with Gasteiger partial charge in [0.2, 0.25) is 17.7 Å². The average Bonchev–Trinajstić information content (AvgIpc) is 3.39. The molecule has 1 aromatic rings. The molecule has 33 heavy (non-hydrogen) atoms. The van der Waals surface area contributed by atoms with Gasteiger partial charge in [0.1, 0.15) is 6.04 Å². The number of thioether (sulfide) groups is 1. The minimum atomic E-state index is -0.588. The first-order valence-electron chi connectivity index (χ1n) is 11.9. The summed E-state index contributed by atoms with van der Waals surface area (Å²) in [6.07, 6.45) is 2.80. The van der Waals surface area contributed by atoms with Gasteiger partial charge in [-0.25, -0.2) is 0 Å². The molecular weight excluding hydrogens is 438 g/mol. The molecule has 3 N–H and O–H groups in total. The Hall–Kier alpha value is -2.06. The number of carbonyl (C=O) groups is 3. The fraction of sp³-hybridized carbons (Fsp3) is 0.640. The van der Waals surface area contributed by atoms with Crippen molar-refractivity contribution in [2.75, 3.05) is 13.2 Å². The number of hydrogen-bond acceptors (Lipinski definition) is 5. The van der Waals surface area contributed by atoms with Crippen LogP contribution in [0.3, 0.4) is 0 Å². The maximum absolute atomic E-state index is 13.7. The molecule has 0 aromatic heterocycles. The van der Waals surface area contributed by atoms with Crippen molar-refractivity contribution in [1.29, 1.82) is 0 Å². The first-order chi connectivity index (χ1) is 15.7. The van der Waals surface area contributed by atoms with E-state index in [4.69, 9.17) is 0 Å². The minimum absolute atomic E-state index is 0.0524. The SMILES string of the molecule is CC(C)(C)NC(=O)C1N(CCCCO)C(=O)[C@@H]2[C@@H](C(=O)NCc3ccccc3)[C@H]3CCC12S3. The van der Waals surface area contributed by atoms with Crippen molar-refractivity contribution in [3.63, 3.8) is 0 Å². The quantitative estimate of drug-likeness (QED) is 0.502. The van der Waals surface area contributed by atoms with E-state index < -0.39 is 28.2 Å².